The zero-order chi connectivity index (χ0) is 20.8. The van der Waals surface area contributed by atoms with Crippen LogP contribution in [0.15, 0.2) is 0 Å². The number of hydrogen-bond donors (Lipinski definition) is 0. The average molecular weight is 513 g/mol. The van der Waals surface area contributed by atoms with Gasteiger partial charge in [-0.1, -0.05) is 0 Å². The van der Waals surface area contributed by atoms with E-state index in [1.54, 1.807) is 13.3 Å². The van der Waals surface area contributed by atoms with Crippen LogP contribution in [-0.2, 0) is 4.79 Å². The van der Waals surface area contributed by atoms with Gasteiger partial charge in [0.1, 0.15) is 0 Å². The molecule has 2 aliphatic carbocycles. The van der Waals surface area contributed by atoms with E-state index in [4.69, 9.17) is 0 Å². The number of carbonyl (C=O) groups is 1. The van der Waals surface area contributed by atoms with Gasteiger partial charge in [-0.05, 0) is 0 Å². The Kier molecular flexibility index (Phi) is 9.64. The first-order valence-electron chi connectivity index (χ1n) is 12.8. The molecular formula is C25H50OSiSn. The molecule has 2 atom stereocenters. The first kappa shape index (κ1) is 25.0. The van der Waals surface area contributed by atoms with Crippen molar-refractivity contribution in [1.82, 2.24) is 0 Å². The second-order valence-electron chi connectivity index (χ2n) is 11.3. The predicted molar refractivity (Wildman–Crippen MR) is 131 cm³/mol. The quantitative estimate of drug-likeness (QED) is 0.225. The van der Waals surface area contributed by atoms with Crippen molar-refractivity contribution >= 4 is 32.2 Å². The number of unbranched alkanes of at least 4 members (excludes halogenated alkanes) is 3. The molecule has 0 unspecified atom stereocenters. The van der Waals surface area contributed by atoms with Gasteiger partial charge in [0.15, 0.2) is 0 Å². The maximum atomic E-state index is 13.7. The number of ketones is 1. The molecular weight excluding hydrogens is 463 g/mol. The van der Waals surface area contributed by atoms with Crippen LogP contribution in [0.25, 0.3) is 0 Å². The Morgan fingerprint density at radius 3 is 1.71 bits per heavy atom. The van der Waals surface area contributed by atoms with Gasteiger partial charge < -0.3 is 0 Å². The monoisotopic (exact) mass is 514 g/mol. The Labute approximate surface area is 182 Å². The van der Waals surface area contributed by atoms with Crippen molar-refractivity contribution in [3.8, 4) is 0 Å². The molecule has 0 spiro atoms. The van der Waals surface area contributed by atoms with Crippen LogP contribution in [0, 0.1) is 11.8 Å². The van der Waals surface area contributed by atoms with Gasteiger partial charge in [-0.3, -0.25) is 0 Å². The van der Waals surface area contributed by atoms with Crippen LogP contribution in [-0.4, -0.2) is 32.2 Å². The Balaban J connectivity index is 2.38. The minimum absolute atomic E-state index is 0.435. The molecule has 2 rings (SSSR count). The molecule has 2 saturated carbocycles. The van der Waals surface area contributed by atoms with Crippen molar-refractivity contribution in [3.05, 3.63) is 0 Å². The van der Waals surface area contributed by atoms with Gasteiger partial charge in [0.25, 0.3) is 0 Å². The van der Waals surface area contributed by atoms with Gasteiger partial charge in [-0.2, -0.15) is 0 Å². The molecule has 0 aliphatic heterocycles. The summed E-state index contributed by atoms with van der Waals surface area (Å²) < 4.78 is 5.35. The Morgan fingerprint density at radius 1 is 0.857 bits per heavy atom. The third-order valence-corrected chi connectivity index (χ3v) is 40.0. The van der Waals surface area contributed by atoms with Crippen LogP contribution in [0.2, 0.25) is 36.0 Å². The van der Waals surface area contributed by atoms with Crippen molar-refractivity contribution in [2.24, 2.45) is 11.8 Å². The van der Waals surface area contributed by atoms with Crippen molar-refractivity contribution in [3.63, 3.8) is 0 Å². The van der Waals surface area contributed by atoms with E-state index in [1.165, 1.54) is 77.0 Å². The summed E-state index contributed by atoms with van der Waals surface area (Å²) in [6, 6.07) is 0. The molecule has 3 heteroatoms. The molecule has 0 saturated heterocycles. The molecule has 0 radical (unpaired) electrons. The van der Waals surface area contributed by atoms with Crippen LogP contribution in [0.4, 0.5) is 0 Å². The second-order valence-corrected chi connectivity index (χ2v) is 32.3. The summed E-state index contributed by atoms with van der Waals surface area (Å²) >= 11 is -2.43. The van der Waals surface area contributed by atoms with Gasteiger partial charge in [0, 0.05) is 0 Å². The molecule has 0 amide bonds. The zero-order valence-corrected chi connectivity index (χ0v) is 24.0. The molecule has 0 aromatic heterocycles. The Hall–Kier alpha value is 0.686. The van der Waals surface area contributed by atoms with Crippen molar-refractivity contribution in [1.29, 1.82) is 0 Å². The number of Topliss-reactive ketones (excluding diaryl/α,β-unsaturated/α-hetero) is 1. The summed E-state index contributed by atoms with van der Waals surface area (Å²) in [5, 5.41) is 0. The molecule has 0 N–H and O–H groups in total. The van der Waals surface area contributed by atoms with Crippen LogP contribution >= 0.6 is 0 Å². The van der Waals surface area contributed by atoms with E-state index in [2.05, 4.69) is 40.4 Å². The topological polar surface area (TPSA) is 17.1 Å². The van der Waals surface area contributed by atoms with E-state index >= 15 is 0 Å². The molecule has 28 heavy (non-hydrogen) atoms. The van der Waals surface area contributed by atoms with E-state index < -0.39 is 26.5 Å². The van der Waals surface area contributed by atoms with Crippen LogP contribution in [0.5, 0.6) is 0 Å². The molecule has 164 valence electrons. The van der Waals surface area contributed by atoms with Crippen molar-refractivity contribution in [2.75, 3.05) is 0 Å². The minimum atomic E-state index is -2.43. The fourth-order valence-corrected chi connectivity index (χ4v) is 45.9. The number of hydrogen-bond acceptors (Lipinski definition) is 1. The maximum absolute atomic E-state index is 13.7. The standard InChI is InChI=1S/C13H23OSi.3C4H9.Sn/c1-15(2,3)12-9-11(12)13(14)10-7-5-4-6-8-10;3*1-3-4-2;/h10-11H,4-9H2,1-3H3;3*1,3-4H2,2H3;/t11-;;;;/m0..../s1. The molecule has 2 aliphatic rings. The van der Waals surface area contributed by atoms with E-state index in [9.17, 15) is 4.79 Å². The summed E-state index contributed by atoms with van der Waals surface area (Å²) in [5.41, 5.74) is 0. The molecule has 0 aromatic rings. The predicted octanol–water partition coefficient (Wildman–Crippen LogP) is 8.62. The number of carbonyl (C=O) groups excluding carboxylic acids is 1. The van der Waals surface area contributed by atoms with E-state index in [1.807, 2.05) is 0 Å². The average Bonchev–Trinajstić information content (AvgIpc) is 3.45. The van der Waals surface area contributed by atoms with Gasteiger partial charge >= 0.3 is 183 Å². The Morgan fingerprint density at radius 2 is 1.32 bits per heavy atom. The van der Waals surface area contributed by atoms with E-state index in [0.29, 0.717) is 14.9 Å². The summed E-state index contributed by atoms with van der Waals surface area (Å²) in [6.07, 6.45) is 16.1. The fraction of sp³-hybridized carbons (Fsp3) is 0.960. The van der Waals surface area contributed by atoms with E-state index in [-0.39, 0.29) is 0 Å². The van der Waals surface area contributed by atoms with Crippen LogP contribution < -0.4 is 0 Å². The molecule has 0 aromatic carbocycles. The van der Waals surface area contributed by atoms with Crippen LogP contribution in [0.3, 0.4) is 0 Å². The summed E-state index contributed by atoms with van der Waals surface area (Å²) in [4.78, 5) is 13.7. The molecule has 1 nitrogen and oxygen atoms in total. The van der Waals surface area contributed by atoms with Gasteiger partial charge in [-0.15, -0.1) is 0 Å². The molecule has 0 heterocycles. The number of rotatable bonds is 13. The van der Waals surface area contributed by atoms with Crippen molar-refractivity contribution < 1.29 is 4.79 Å². The van der Waals surface area contributed by atoms with E-state index in [0.717, 1.165) is 5.78 Å². The first-order chi connectivity index (χ1) is 13.3. The Bertz CT molecular complexity index is 469. The summed E-state index contributed by atoms with van der Waals surface area (Å²) in [6.45, 7) is 15.1. The van der Waals surface area contributed by atoms with Gasteiger partial charge in [-0.25, -0.2) is 0 Å². The third kappa shape index (κ3) is 5.11. The van der Waals surface area contributed by atoms with Gasteiger partial charge in [0.05, 0.1) is 0 Å². The van der Waals surface area contributed by atoms with Crippen LogP contribution in [0.1, 0.15) is 97.8 Å². The zero-order valence-electron chi connectivity index (χ0n) is 20.2. The normalized spacial score (nSPS) is 26.4. The molecule has 2 fully saturated rings. The fourth-order valence-electron chi connectivity index (χ4n) is 7.08. The van der Waals surface area contributed by atoms with Crippen molar-refractivity contribution in [2.45, 2.75) is 134 Å². The second kappa shape index (κ2) is 10.8. The first-order valence-corrected chi connectivity index (χ1v) is 23.8. The summed E-state index contributed by atoms with van der Waals surface area (Å²) in [5.74, 6) is 1.70. The summed E-state index contributed by atoms with van der Waals surface area (Å²) in [7, 11) is -1.38. The SMILES string of the molecule is CCC[CH2][Sn]([CH2]CCC)([CH2]CCC)[C@]1([Si](C)(C)C)C[C@@H]1C(=O)C1CCCCC1. The molecule has 0 bridgehead atoms. The third-order valence-electron chi connectivity index (χ3n) is 8.62. The van der Waals surface area contributed by atoms with Gasteiger partial charge in [0.2, 0.25) is 0 Å².